The summed E-state index contributed by atoms with van der Waals surface area (Å²) in [5.41, 5.74) is 4.59. The molecule has 0 aliphatic carbocycles. The Labute approximate surface area is 272 Å². The first-order chi connectivity index (χ1) is 20.8. The van der Waals surface area contributed by atoms with Gasteiger partial charge in [-0.25, -0.2) is 5.43 Å². The number of non-ortho nitro benzene ring substituents is 1. The Morgan fingerprint density at radius 1 is 1.07 bits per heavy atom. The molecule has 11 nitrogen and oxygen atoms in total. The second-order valence-corrected chi connectivity index (χ2v) is 14.8. The van der Waals surface area contributed by atoms with Gasteiger partial charge in [0, 0.05) is 18.6 Å². The summed E-state index contributed by atoms with van der Waals surface area (Å²) in [5, 5.41) is 26.1. The van der Waals surface area contributed by atoms with Crippen LogP contribution in [0.1, 0.15) is 77.1 Å². The number of halogens is 1. The molecule has 0 bridgehead atoms. The van der Waals surface area contributed by atoms with Crippen LogP contribution in [-0.4, -0.2) is 37.2 Å². The number of amides is 1. The van der Waals surface area contributed by atoms with Crippen molar-refractivity contribution in [3.8, 4) is 17.2 Å². The molecular formula is C32H38BrN3O8S. The standard InChI is InChI=1S/C32H38BrN3O8S/c1-8-43-27-17-21(16-26(33)30(27)44-45(41,42)23-11-9-10-22(18-23)36(39)40)19-34-35-28(37)13-12-20-14-24(31(2,3)4)29(38)25(15-20)32(5,6)7/h9-11,14-19,38H,8,12-13H2,1-7H3,(H,35,37)/b34-19-. The number of aromatic hydroxyl groups is 1. The number of phenolic OH excluding ortho intramolecular Hbond substituents is 1. The number of nitro groups is 1. The Morgan fingerprint density at radius 2 is 1.69 bits per heavy atom. The topological polar surface area (TPSA) is 157 Å². The first-order valence-corrected chi connectivity index (χ1v) is 16.4. The molecule has 242 valence electrons. The van der Waals surface area contributed by atoms with E-state index in [-0.39, 0.29) is 51.5 Å². The van der Waals surface area contributed by atoms with Gasteiger partial charge in [0.15, 0.2) is 11.5 Å². The number of benzene rings is 3. The minimum atomic E-state index is -4.45. The molecule has 0 heterocycles. The summed E-state index contributed by atoms with van der Waals surface area (Å²) in [6.45, 7) is 14.1. The van der Waals surface area contributed by atoms with Crippen LogP contribution in [0.2, 0.25) is 0 Å². The van der Waals surface area contributed by atoms with Crippen molar-refractivity contribution in [2.45, 2.75) is 77.0 Å². The summed E-state index contributed by atoms with van der Waals surface area (Å²) in [7, 11) is -4.45. The zero-order chi connectivity index (χ0) is 33.7. The van der Waals surface area contributed by atoms with Gasteiger partial charge in [-0.1, -0.05) is 59.7 Å². The number of nitrogens with zero attached hydrogens (tertiary/aromatic N) is 2. The third-order valence-corrected chi connectivity index (χ3v) is 8.48. The van der Waals surface area contributed by atoms with Gasteiger partial charge in [0.05, 0.1) is 22.2 Å². The van der Waals surface area contributed by atoms with Crippen LogP contribution >= 0.6 is 15.9 Å². The van der Waals surface area contributed by atoms with Crippen molar-refractivity contribution < 1.29 is 32.2 Å². The van der Waals surface area contributed by atoms with Crippen LogP contribution in [0.25, 0.3) is 0 Å². The Morgan fingerprint density at radius 3 is 2.24 bits per heavy atom. The number of carbonyl (C=O) groups is 1. The van der Waals surface area contributed by atoms with E-state index >= 15 is 0 Å². The first-order valence-electron chi connectivity index (χ1n) is 14.2. The lowest BCUT2D eigenvalue weighted by Gasteiger charge is -2.28. The number of rotatable bonds is 11. The number of phenols is 1. The molecule has 0 saturated carbocycles. The molecule has 0 unspecified atom stereocenters. The third-order valence-electron chi connectivity index (χ3n) is 6.67. The molecule has 1 amide bonds. The van der Waals surface area contributed by atoms with Gasteiger partial charge < -0.3 is 14.0 Å². The molecule has 3 rings (SSSR count). The number of carbonyl (C=O) groups excluding carboxylic acids is 1. The zero-order valence-electron chi connectivity index (χ0n) is 26.3. The van der Waals surface area contributed by atoms with Gasteiger partial charge in [-0.05, 0) is 80.6 Å². The third kappa shape index (κ3) is 9.27. The largest absolute Gasteiger partial charge is 0.507 e. The van der Waals surface area contributed by atoms with Crippen molar-refractivity contribution in [2.24, 2.45) is 5.10 Å². The summed E-state index contributed by atoms with van der Waals surface area (Å²) < 4.78 is 37.0. The zero-order valence-corrected chi connectivity index (χ0v) is 28.7. The fraction of sp³-hybridized carbons (Fsp3) is 0.375. The lowest BCUT2D eigenvalue weighted by atomic mass is 9.78. The van der Waals surface area contributed by atoms with Crippen LogP contribution in [0.15, 0.2) is 63.0 Å². The van der Waals surface area contributed by atoms with Crippen molar-refractivity contribution in [2.75, 3.05) is 6.61 Å². The second-order valence-electron chi connectivity index (χ2n) is 12.4. The molecule has 0 aromatic heterocycles. The molecule has 3 aromatic carbocycles. The molecule has 0 radical (unpaired) electrons. The molecule has 3 aromatic rings. The lowest BCUT2D eigenvalue weighted by molar-refractivity contribution is -0.385. The van der Waals surface area contributed by atoms with Gasteiger partial charge in [0.2, 0.25) is 5.91 Å². The SMILES string of the molecule is CCOc1cc(/C=N\NC(=O)CCc2cc(C(C)(C)C)c(O)c(C(C)(C)C)c2)cc(Br)c1OS(=O)(=O)c1cccc([N+](=O)[O-])c1. The van der Waals surface area contributed by atoms with Crippen LogP contribution < -0.4 is 14.3 Å². The first kappa shape index (κ1) is 35.5. The Balaban J connectivity index is 1.76. The van der Waals surface area contributed by atoms with Crippen LogP contribution in [0.3, 0.4) is 0 Å². The smallest absolute Gasteiger partial charge is 0.339 e. The minimum absolute atomic E-state index is 0.0743. The van der Waals surface area contributed by atoms with Crippen LogP contribution in [0.4, 0.5) is 5.69 Å². The molecular weight excluding hydrogens is 666 g/mol. The van der Waals surface area contributed by atoms with E-state index in [4.69, 9.17) is 8.92 Å². The summed E-state index contributed by atoms with van der Waals surface area (Å²) in [4.78, 5) is 22.6. The van der Waals surface area contributed by atoms with Gasteiger partial charge in [0.1, 0.15) is 10.6 Å². The van der Waals surface area contributed by atoms with Gasteiger partial charge >= 0.3 is 10.1 Å². The van der Waals surface area contributed by atoms with Crippen molar-refractivity contribution >= 4 is 43.9 Å². The van der Waals surface area contributed by atoms with Gasteiger partial charge in [-0.2, -0.15) is 13.5 Å². The van der Waals surface area contributed by atoms with Crippen molar-refractivity contribution in [1.29, 1.82) is 0 Å². The van der Waals surface area contributed by atoms with Crippen LogP contribution in [0, 0.1) is 10.1 Å². The van der Waals surface area contributed by atoms with E-state index in [1.165, 1.54) is 36.5 Å². The van der Waals surface area contributed by atoms with Crippen LogP contribution in [0.5, 0.6) is 17.2 Å². The van der Waals surface area contributed by atoms with E-state index in [0.717, 1.165) is 22.8 Å². The fourth-order valence-electron chi connectivity index (χ4n) is 4.39. The van der Waals surface area contributed by atoms with E-state index in [1.54, 1.807) is 6.92 Å². The van der Waals surface area contributed by atoms with Crippen molar-refractivity contribution in [3.63, 3.8) is 0 Å². The molecule has 0 fully saturated rings. The monoisotopic (exact) mass is 703 g/mol. The number of ether oxygens (including phenoxy) is 1. The highest BCUT2D eigenvalue weighted by atomic mass is 79.9. The summed E-state index contributed by atoms with van der Waals surface area (Å²) in [6, 6.07) is 11.4. The van der Waals surface area contributed by atoms with Gasteiger partial charge in [-0.3, -0.25) is 14.9 Å². The normalized spacial score (nSPS) is 12.3. The number of hydrazone groups is 1. The molecule has 0 aliphatic rings. The highest BCUT2D eigenvalue weighted by Gasteiger charge is 2.27. The molecule has 13 heteroatoms. The number of nitrogens with one attached hydrogen (secondary N) is 1. The number of hydrogen-bond acceptors (Lipinski definition) is 9. The average molecular weight is 705 g/mol. The highest BCUT2D eigenvalue weighted by molar-refractivity contribution is 9.10. The van der Waals surface area contributed by atoms with Gasteiger partial charge in [0.25, 0.3) is 5.69 Å². The molecule has 0 saturated heterocycles. The van der Waals surface area contributed by atoms with Crippen LogP contribution in [-0.2, 0) is 32.2 Å². The number of hydrogen-bond donors (Lipinski definition) is 2. The predicted molar refractivity (Wildman–Crippen MR) is 176 cm³/mol. The Hall–Kier alpha value is -3.97. The summed E-state index contributed by atoms with van der Waals surface area (Å²) >= 11 is 3.30. The maximum absolute atomic E-state index is 12.9. The maximum Gasteiger partial charge on any atom is 0.339 e. The van der Waals surface area contributed by atoms with E-state index in [2.05, 4.69) is 26.5 Å². The predicted octanol–water partition coefficient (Wildman–Crippen LogP) is 6.91. The second kappa shape index (κ2) is 14.0. The molecule has 45 heavy (non-hydrogen) atoms. The number of nitro benzene ring substituents is 1. The summed E-state index contributed by atoms with van der Waals surface area (Å²) in [5.74, 6) is -0.113. The number of aryl methyl sites for hydroxylation is 1. The Kier molecular flexibility index (Phi) is 11.0. The van der Waals surface area contributed by atoms with E-state index in [0.29, 0.717) is 12.0 Å². The summed E-state index contributed by atoms with van der Waals surface area (Å²) in [6.07, 6.45) is 1.98. The van der Waals surface area contributed by atoms with E-state index < -0.39 is 25.6 Å². The minimum Gasteiger partial charge on any atom is -0.507 e. The van der Waals surface area contributed by atoms with Crippen molar-refractivity contribution in [1.82, 2.24) is 5.43 Å². The molecule has 0 spiro atoms. The highest BCUT2D eigenvalue weighted by Crippen LogP contribution is 2.40. The quantitative estimate of drug-likeness (QED) is 0.0944. The van der Waals surface area contributed by atoms with E-state index in [1.807, 2.05) is 53.7 Å². The molecule has 0 atom stereocenters. The average Bonchev–Trinajstić information content (AvgIpc) is 2.93. The molecule has 2 N–H and O–H groups in total. The fourth-order valence-corrected chi connectivity index (χ4v) is 6.04. The van der Waals surface area contributed by atoms with Gasteiger partial charge in [-0.15, -0.1) is 0 Å². The Bertz CT molecular complexity index is 1690. The molecule has 0 aliphatic heterocycles. The van der Waals surface area contributed by atoms with E-state index in [9.17, 15) is 28.4 Å². The maximum atomic E-state index is 12.9. The van der Waals surface area contributed by atoms with Crippen molar-refractivity contribution in [3.05, 3.63) is 85.4 Å². The lowest BCUT2D eigenvalue weighted by Crippen LogP contribution is -2.20.